The average Bonchev–Trinajstić information content (AvgIpc) is 0.592. The van der Waals surface area contributed by atoms with Crippen LogP contribution in [0, 0.1) is 0 Å². The van der Waals surface area contributed by atoms with Crippen molar-refractivity contribution in [1.29, 1.82) is 0 Å². The molecule has 0 aliphatic heterocycles. The zero-order valence-electron chi connectivity index (χ0n) is 3.12. The Bertz CT molecular complexity index is 72.3. The summed E-state index contributed by atoms with van der Waals surface area (Å²) in [4.78, 5) is 0. The van der Waals surface area contributed by atoms with Gasteiger partial charge in [0.25, 0.3) is 0 Å². The molecule has 0 amide bonds. The fourth-order valence-corrected chi connectivity index (χ4v) is 0. The monoisotopic (exact) mass is 331 g/mol. The Morgan fingerprint density at radius 2 is 1.14 bits per heavy atom. The van der Waals surface area contributed by atoms with Crippen LogP contribution >= 0.6 is 18.8 Å². The van der Waals surface area contributed by atoms with Crippen molar-refractivity contribution in [2.45, 2.75) is 0 Å². The minimum absolute atomic E-state index is 4.44. The number of halogens is 2. The van der Waals surface area contributed by atoms with Gasteiger partial charge in [-0.2, -0.15) is 0 Å². The Balaban J connectivity index is 4.43. The first kappa shape index (κ1) is 8.11. The Morgan fingerprint density at radius 1 is 1.14 bits per heavy atom. The van der Waals surface area contributed by atoms with E-state index in [-0.39, 0.29) is 0 Å². The summed E-state index contributed by atoms with van der Waals surface area (Å²) in [7, 11) is 9.31. The van der Waals surface area contributed by atoms with E-state index in [0.717, 1.165) is 0 Å². The van der Waals surface area contributed by atoms with Crippen molar-refractivity contribution in [3.05, 3.63) is 0 Å². The molecule has 0 aromatic heterocycles. The molecule has 52 valence electrons. The zero-order chi connectivity index (χ0) is 6.41. The standard InChI is InChI=1S/2ClH.2H2N.2H2O.Pt/h2*1H;4*1H2;/q;;2*-1;;;+6/p-4. The van der Waals surface area contributed by atoms with Gasteiger partial charge in [0.15, 0.2) is 0 Å². The Kier molecular flexibility index (Phi) is 1.18. The molecule has 0 saturated heterocycles. The fourth-order valence-electron chi connectivity index (χ4n) is 0. The summed E-state index contributed by atoms with van der Waals surface area (Å²) in [6, 6.07) is 0. The normalized spacial score (nSPS) is 23.1. The molecule has 0 aromatic rings. The molecule has 0 radical (unpaired) electrons. The van der Waals surface area contributed by atoms with E-state index in [2.05, 4.69) is 27.4 Å². The van der Waals surface area contributed by atoms with Gasteiger partial charge in [0.2, 0.25) is 0 Å². The van der Waals surface area contributed by atoms with Gasteiger partial charge < -0.3 is 0 Å². The maximum absolute atomic E-state index is 8.28. The molecule has 4 nitrogen and oxygen atoms in total. The predicted molar refractivity (Wildman–Crippen MR) is 24.5 cm³/mol. The number of rotatable bonds is 0. The van der Waals surface area contributed by atoms with Gasteiger partial charge >= 0.3 is 47.7 Å². The first-order valence-electron chi connectivity index (χ1n) is 0.887. The van der Waals surface area contributed by atoms with Crippen LogP contribution in [0.15, 0.2) is 0 Å². The summed E-state index contributed by atoms with van der Waals surface area (Å²) in [5.41, 5.74) is 0. The van der Waals surface area contributed by atoms with Crippen molar-refractivity contribution >= 4 is 18.8 Å². The van der Waals surface area contributed by atoms with E-state index in [1.54, 1.807) is 0 Å². The number of hydrogen-bond donors (Lipinski definition) is 4. The van der Waals surface area contributed by atoms with Crippen LogP contribution < -0.4 is 8.58 Å². The molecule has 0 bridgehead atoms. The Morgan fingerprint density at radius 3 is 1.14 bits per heavy atom. The number of nitrogens with two attached hydrogens (primary N) is 2. The van der Waals surface area contributed by atoms with Gasteiger partial charge in [-0.05, 0) is 0 Å². The topological polar surface area (TPSA) is 92.5 Å². The van der Waals surface area contributed by atoms with E-state index in [1.807, 2.05) is 0 Å². The van der Waals surface area contributed by atoms with E-state index in [1.165, 1.54) is 0 Å². The molecule has 0 unspecified atom stereocenters. The zero-order valence-corrected chi connectivity index (χ0v) is 6.91. The second-order valence-electron chi connectivity index (χ2n) is 1.03. The summed E-state index contributed by atoms with van der Waals surface area (Å²) in [6.45, 7) is 0. The van der Waals surface area contributed by atoms with Gasteiger partial charge in [-0.3, -0.25) is 0 Å². The summed E-state index contributed by atoms with van der Waals surface area (Å²) in [6.07, 6.45) is 0. The van der Waals surface area contributed by atoms with E-state index in [9.17, 15) is 0 Å². The first-order chi connectivity index (χ1) is 2.45. The van der Waals surface area contributed by atoms with Gasteiger partial charge in [0, 0.05) is 0 Å². The predicted octanol–water partition coefficient (Wildman–Crippen LogP) is -0.919. The van der Waals surface area contributed by atoms with Crippen LogP contribution in [0.25, 0.3) is 0 Å². The van der Waals surface area contributed by atoms with Gasteiger partial charge in [-0.25, -0.2) is 0 Å². The van der Waals surface area contributed by atoms with Crippen molar-refractivity contribution in [1.82, 2.24) is 0 Å². The molecule has 0 spiro atoms. The molecule has 7 heavy (non-hydrogen) atoms. The van der Waals surface area contributed by atoms with Crippen LogP contribution in [0.1, 0.15) is 0 Å². The van der Waals surface area contributed by atoms with Crippen molar-refractivity contribution < 1.29 is 20.3 Å². The van der Waals surface area contributed by atoms with Crippen LogP contribution in [-0.4, -0.2) is 7.52 Å². The summed E-state index contributed by atoms with van der Waals surface area (Å²) >= 11 is -6.18. The van der Waals surface area contributed by atoms with Crippen molar-refractivity contribution in [3.8, 4) is 0 Å². The quantitative estimate of drug-likeness (QED) is 0.462. The van der Waals surface area contributed by atoms with Gasteiger partial charge in [-0.1, -0.05) is 0 Å². The third kappa shape index (κ3) is 151. The molecule has 0 aliphatic carbocycles. The third-order valence-electron chi connectivity index (χ3n) is 0. The molecule has 0 aromatic carbocycles. The third-order valence-corrected chi connectivity index (χ3v) is 0. The average molecular weight is 332 g/mol. The molecule has 0 aliphatic rings. The SMILES string of the molecule is [NH2][Pt]([NH2])([OH])([OH])([Cl])[Cl]. The molecule has 0 atom stereocenters. The minimum atomic E-state index is -6.18. The van der Waals surface area contributed by atoms with Gasteiger partial charge in [-0.15, -0.1) is 0 Å². The van der Waals surface area contributed by atoms with E-state index in [0.29, 0.717) is 0 Å². The number of hydrogen-bond acceptors (Lipinski definition) is 4. The van der Waals surface area contributed by atoms with E-state index in [4.69, 9.17) is 7.52 Å². The van der Waals surface area contributed by atoms with Crippen LogP contribution in [0.4, 0.5) is 0 Å². The van der Waals surface area contributed by atoms with E-state index >= 15 is 0 Å². The van der Waals surface area contributed by atoms with E-state index < -0.39 is 12.7 Å². The molecular weight excluding hydrogens is 326 g/mol. The fraction of sp³-hybridized carbons (Fsp3) is 0. The second kappa shape index (κ2) is 1.02. The van der Waals surface area contributed by atoms with Gasteiger partial charge in [0.05, 0.1) is 0 Å². The molecule has 0 rings (SSSR count). The molecule has 0 heterocycles. The first-order valence-corrected chi connectivity index (χ1v) is 11.2. The van der Waals surface area contributed by atoms with Crippen LogP contribution in [0.3, 0.4) is 0 Å². The second-order valence-corrected chi connectivity index (χ2v) is 19.4. The summed E-state index contributed by atoms with van der Waals surface area (Å²) in [5, 5.41) is 0. The summed E-state index contributed by atoms with van der Waals surface area (Å²) < 4.78 is 25.4. The summed E-state index contributed by atoms with van der Waals surface area (Å²) in [5.74, 6) is 0. The molecule has 6 N–H and O–H groups in total. The molecule has 0 saturated carbocycles. The van der Waals surface area contributed by atoms with Crippen LogP contribution in [0.2, 0.25) is 0 Å². The maximum atomic E-state index is 8.28. The Labute approximate surface area is 47.8 Å². The van der Waals surface area contributed by atoms with Crippen molar-refractivity contribution in [2.24, 2.45) is 8.58 Å². The Hall–Kier alpha value is 1.11. The molecule has 7 heteroatoms. The van der Waals surface area contributed by atoms with Crippen molar-refractivity contribution in [3.63, 3.8) is 0 Å². The molecular formula is H6Cl2N2O2Pt. The van der Waals surface area contributed by atoms with Crippen molar-refractivity contribution in [2.75, 3.05) is 0 Å². The van der Waals surface area contributed by atoms with Gasteiger partial charge in [0.1, 0.15) is 0 Å². The van der Waals surface area contributed by atoms with Crippen LogP contribution in [0.5, 0.6) is 0 Å². The van der Waals surface area contributed by atoms with Crippen LogP contribution in [-0.2, 0) is 12.7 Å². The molecule has 0 fully saturated rings.